The topological polar surface area (TPSA) is 57.9 Å². The number of nitrogen functional groups attached to an aromatic ring is 1. The molecule has 0 amide bonds. The van der Waals surface area contributed by atoms with E-state index in [-0.39, 0.29) is 16.7 Å². The summed E-state index contributed by atoms with van der Waals surface area (Å²) in [5.74, 6) is -3.66. The molecule has 0 aliphatic heterocycles. The molecule has 4 nitrogen and oxygen atoms in total. The lowest BCUT2D eigenvalue weighted by Gasteiger charge is -2.15. The largest absolute Gasteiger partial charge is 0.382 e. The second-order valence-corrected chi connectivity index (χ2v) is 3.54. The van der Waals surface area contributed by atoms with Crippen molar-refractivity contribution >= 4 is 22.4 Å². The molecule has 0 spiro atoms. The second kappa shape index (κ2) is 3.29. The predicted molar refractivity (Wildman–Crippen MR) is 54.7 cm³/mol. The first-order valence-electron chi connectivity index (χ1n) is 4.42. The van der Waals surface area contributed by atoms with Crippen LogP contribution in [0.2, 0.25) is 0 Å². The van der Waals surface area contributed by atoms with Gasteiger partial charge in [-0.15, -0.1) is 0 Å². The van der Waals surface area contributed by atoms with E-state index in [0.29, 0.717) is 0 Å². The maximum atomic E-state index is 13.8. The van der Waals surface area contributed by atoms with Crippen molar-refractivity contribution in [3.05, 3.63) is 17.5 Å². The summed E-state index contributed by atoms with van der Waals surface area (Å²) >= 11 is 0. The van der Waals surface area contributed by atoms with Crippen LogP contribution >= 0.6 is 0 Å². The van der Waals surface area contributed by atoms with E-state index in [0.717, 1.165) is 4.90 Å². The van der Waals surface area contributed by atoms with Crippen LogP contribution in [0.4, 0.5) is 24.7 Å². The van der Waals surface area contributed by atoms with E-state index >= 15 is 0 Å². The second-order valence-electron chi connectivity index (χ2n) is 3.54. The molecule has 0 bridgehead atoms. The van der Waals surface area contributed by atoms with Gasteiger partial charge in [0.15, 0.2) is 23.3 Å². The van der Waals surface area contributed by atoms with Gasteiger partial charge < -0.3 is 10.6 Å². The standard InChI is InChI=1S/C9H9F3N4/c1-16(2)8-5(11)4(10)3-7(6(8)12)14-15-9(3)13/h1-2H3,(H3,13,14,15). The van der Waals surface area contributed by atoms with Gasteiger partial charge in [0.25, 0.3) is 0 Å². The number of aromatic nitrogens is 2. The maximum absolute atomic E-state index is 13.8. The van der Waals surface area contributed by atoms with Gasteiger partial charge >= 0.3 is 0 Å². The van der Waals surface area contributed by atoms with Crippen LogP contribution in [0.15, 0.2) is 0 Å². The molecule has 0 aliphatic carbocycles. The number of halogens is 3. The summed E-state index contributed by atoms with van der Waals surface area (Å²) in [5, 5.41) is 5.32. The van der Waals surface area contributed by atoms with Gasteiger partial charge in [-0.1, -0.05) is 0 Å². The quantitative estimate of drug-likeness (QED) is 0.732. The van der Waals surface area contributed by atoms with Crippen molar-refractivity contribution in [2.45, 2.75) is 0 Å². The number of benzene rings is 1. The molecule has 1 heterocycles. The first-order valence-corrected chi connectivity index (χ1v) is 4.42. The highest BCUT2D eigenvalue weighted by molar-refractivity contribution is 5.92. The summed E-state index contributed by atoms with van der Waals surface area (Å²) in [6, 6.07) is 0. The molecule has 16 heavy (non-hydrogen) atoms. The fourth-order valence-corrected chi connectivity index (χ4v) is 1.56. The van der Waals surface area contributed by atoms with Crippen molar-refractivity contribution in [2.75, 3.05) is 24.7 Å². The summed E-state index contributed by atoms with van der Waals surface area (Å²) in [5.41, 5.74) is 4.61. The summed E-state index contributed by atoms with van der Waals surface area (Å²) in [6.45, 7) is 0. The zero-order chi connectivity index (χ0) is 12.0. The van der Waals surface area contributed by atoms with Crippen LogP contribution in [0.5, 0.6) is 0 Å². The van der Waals surface area contributed by atoms with Gasteiger partial charge in [0.05, 0.1) is 5.39 Å². The number of aromatic amines is 1. The van der Waals surface area contributed by atoms with Gasteiger partial charge in [-0.2, -0.15) is 5.10 Å². The third-order valence-corrected chi connectivity index (χ3v) is 2.29. The van der Waals surface area contributed by atoms with Crippen molar-refractivity contribution in [1.82, 2.24) is 10.2 Å². The molecule has 0 fully saturated rings. The minimum atomic E-state index is -1.27. The number of nitrogens with one attached hydrogen (secondary N) is 1. The monoisotopic (exact) mass is 230 g/mol. The van der Waals surface area contributed by atoms with E-state index < -0.39 is 23.1 Å². The lowest BCUT2D eigenvalue weighted by molar-refractivity contribution is 0.506. The number of hydrogen-bond acceptors (Lipinski definition) is 3. The normalized spacial score (nSPS) is 11.1. The lowest BCUT2D eigenvalue weighted by atomic mass is 10.2. The van der Waals surface area contributed by atoms with Crippen molar-refractivity contribution in [3.8, 4) is 0 Å². The highest BCUT2D eigenvalue weighted by Crippen LogP contribution is 2.33. The number of nitrogens with zero attached hydrogens (tertiary/aromatic N) is 2. The third kappa shape index (κ3) is 1.21. The van der Waals surface area contributed by atoms with Gasteiger partial charge in [0, 0.05) is 14.1 Å². The van der Waals surface area contributed by atoms with Crippen LogP contribution in [-0.4, -0.2) is 24.3 Å². The first kappa shape index (κ1) is 10.6. The van der Waals surface area contributed by atoms with Gasteiger partial charge in [0.2, 0.25) is 0 Å². The Kier molecular flexibility index (Phi) is 2.18. The number of nitrogens with two attached hydrogens (primary N) is 1. The van der Waals surface area contributed by atoms with E-state index in [1.165, 1.54) is 14.1 Å². The number of hydrogen-bond donors (Lipinski definition) is 2. The Morgan fingerprint density at radius 3 is 2.31 bits per heavy atom. The van der Waals surface area contributed by atoms with Crippen LogP contribution in [0.25, 0.3) is 10.9 Å². The van der Waals surface area contributed by atoms with Gasteiger partial charge in [-0.25, -0.2) is 13.2 Å². The minimum absolute atomic E-state index is 0.236. The van der Waals surface area contributed by atoms with Crippen molar-refractivity contribution < 1.29 is 13.2 Å². The lowest BCUT2D eigenvalue weighted by Crippen LogP contribution is -2.14. The molecule has 0 aliphatic rings. The SMILES string of the molecule is CN(C)c1c(F)c(F)c2c(N)n[nH]c2c1F. The van der Waals surface area contributed by atoms with Gasteiger partial charge in [-0.3, -0.25) is 5.10 Å². The smallest absolute Gasteiger partial charge is 0.186 e. The average molecular weight is 230 g/mol. The van der Waals surface area contributed by atoms with Crippen LogP contribution in [0.1, 0.15) is 0 Å². The minimum Gasteiger partial charge on any atom is -0.382 e. The average Bonchev–Trinajstić information content (AvgIpc) is 2.57. The van der Waals surface area contributed by atoms with E-state index in [1.54, 1.807) is 0 Å². The third-order valence-electron chi connectivity index (χ3n) is 2.29. The Balaban J connectivity index is 2.96. The molecule has 2 rings (SSSR count). The van der Waals surface area contributed by atoms with Crippen molar-refractivity contribution in [1.29, 1.82) is 0 Å². The van der Waals surface area contributed by atoms with Crippen LogP contribution in [0.3, 0.4) is 0 Å². The first-order chi connectivity index (χ1) is 7.45. The Hall–Kier alpha value is -1.92. The molecule has 0 saturated heterocycles. The summed E-state index contributed by atoms with van der Waals surface area (Å²) in [4.78, 5) is 1.14. The molecule has 1 aromatic heterocycles. The zero-order valence-electron chi connectivity index (χ0n) is 8.61. The molecular weight excluding hydrogens is 221 g/mol. The number of H-pyrrole nitrogens is 1. The molecule has 86 valence electrons. The van der Waals surface area contributed by atoms with Gasteiger partial charge in [0.1, 0.15) is 11.2 Å². The predicted octanol–water partition coefficient (Wildman–Crippen LogP) is 1.63. The molecule has 0 radical (unpaired) electrons. The fraction of sp³-hybridized carbons (Fsp3) is 0.222. The Bertz CT molecular complexity index is 562. The summed E-state index contributed by atoms with van der Waals surface area (Å²) < 4.78 is 40.9. The number of fused-ring (bicyclic) bond motifs is 1. The Labute approximate surface area is 88.8 Å². The van der Waals surface area contributed by atoms with Crippen LogP contribution in [0, 0.1) is 17.5 Å². The molecule has 7 heteroatoms. The van der Waals surface area contributed by atoms with E-state index in [4.69, 9.17) is 5.73 Å². The molecule has 0 saturated carbocycles. The summed E-state index contributed by atoms with van der Waals surface area (Å²) in [7, 11) is 2.82. The fourth-order valence-electron chi connectivity index (χ4n) is 1.56. The van der Waals surface area contributed by atoms with Crippen LogP contribution < -0.4 is 10.6 Å². The molecule has 2 aromatic rings. The Morgan fingerprint density at radius 1 is 1.12 bits per heavy atom. The highest BCUT2D eigenvalue weighted by atomic mass is 19.2. The number of anilines is 2. The van der Waals surface area contributed by atoms with E-state index in [2.05, 4.69) is 10.2 Å². The van der Waals surface area contributed by atoms with Crippen molar-refractivity contribution in [3.63, 3.8) is 0 Å². The van der Waals surface area contributed by atoms with Gasteiger partial charge in [-0.05, 0) is 0 Å². The molecule has 0 unspecified atom stereocenters. The zero-order valence-corrected chi connectivity index (χ0v) is 8.61. The number of rotatable bonds is 1. The molecule has 1 aromatic carbocycles. The van der Waals surface area contributed by atoms with E-state index in [9.17, 15) is 13.2 Å². The molecular formula is C9H9F3N4. The maximum Gasteiger partial charge on any atom is 0.186 e. The van der Waals surface area contributed by atoms with Crippen molar-refractivity contribution in [2.24, 2.45) is 0 Å². The van der Waals surface area contributed by atoms with Crippen LogP contribution in [-0.2, 0) is 0 Å². The Morgan fingerprint density at radius 2 is 1.75 bits per heavy atom. The summed E-state index contributed by atoms with van der Waals surface area (Å²) in [6.07, 6.45) is 0. The molecule has 0 atom stereocenters. The molecule has 3 N–H and O–H groups in total. The highest BCUT2D eigenvalue weighted by Gasteiger charge is 2.24. The van der Waals surface area contributed by atoms with E-state index in [1.807, 2.05) is 0 Å².